The molecule has 0 unspecified atom stereocenters. The van der Waals surface area contributed by atoms with Crippen molar-refractivity contribution in [1.82, 2.24) is 9.97 Å². The topological polar surface area (TPSA) is 53.4 Å². The Labute approximate surface area is 157 Å². The van der Waals surface area contributed by atoms with E-state index in [1.165, 1.54) is 10.6 Å². The Morgan fingerprint density at radius 3 is 2.69 bits per heavy atom. The second-order valence-corrected chi connectivity index (χ2v) is 7.25. The summed E-state index contributed by atoms with van der Waals surface area (Å²) in [7, 11) is 0. The lowest BCUT2D eigenvalue weighted by Gasteiger charge is -2.36. The predicted octanol–water partition coefficient (Wildman–Crippen LogP) is 2.04. The van der Waals surface area contributed by atoms with E-state index in [-0.39, 0.29) is 11.6 Å². The molecule has 2 N–H and O–H groups in total. The lowest BCUT2D eigenvalue weighted by molar-refractivity contribution is -0.930. The molecule has 2 aromatic carbocycles. The summed E-state index contributed by atoms with van der Waals surface area (Å²) in [6.45, 7) is 6.03. The molecule has 1 atom stereocenters. The first-order valence-electron chi connectivity index (χ1n) is 8.96. The average Bonchev–Trinajstić information content (AvgIpc) is 2.67. The smallest absolute Gasteiger partial charge is 0.258 e. The highest BCUT2D eigenvalue weighted by atomic mass is 35.5. The molecule has 2 heterocycles. The van der Waals surface area contributed by atoms with E-state index in [4.69, 9.17) is 16.6 Å². The molecule has 1 fully saturated rings. The fourth-order valence-corrected chi connectivity index (χ4v) is 3.85. The molecule has 1 aliphatic rings. The van der Waals surface area contributed by atoms with Crippen molar-refractivity contribution >= 4 is 28.2 Å². The second kappa shape index (κ2) is 7.09. The molecule has 3 aromatic rings. The zero-order chi connectivity index (χ0) is 18.1. The Morgan fingerprint density at radius 2 is 1.92 bits per heavy atom. The van der Waals surface area contributed by atoms with Gasteiger partial charge in [0.25, 0.3) is 5.56 Å². The SMILES string of the molecule is C[C@H](c1nc2ccccc2c(=O)[nH]1)[NH+]1CCN(c2cccc(Cl)c2)CC1. The van der Waals surface area contributed by atoms with Crippen LogP contribution in [0.4, 0.5) is 5.69 Å². The van der Waals surface area contributed by atoms with Gasteiger partial charge in [0.1, 0.15) is 6.04 Å². The van der Waals surface area contributed by atoms with E-state index in [1.54, 1.807) is 0 Å². The Balaban J connectivity index is 1.50. The number of halogens is 1. The summed E-state index contributed by atoms with van der Waals surface area (Å²) < 4.78 is 0. The molecule has 0 amide bonds. The van der Waals surface area contributed by atoms with Crippen LogP contribution in [-0.4, -0.2) is 36.1 Å². The minimum atomic E-state index is -0.0607. The van der Waals surface area contributed by atoms with Gasteiger partial charge in [0.15, 0.2) is 5.82 Å². The summed E-state index contributed by atoms with van der Waals surface area (Å²) in [4.78, 5) is 23.8. The molecule has 0 saturated carbocycles. The number of hydrogen-bond donors (Lipinski definition) is 2. The molecule has 134 valence electrons. The molecule has 0 radical (unpaired) electrons. The molecule has 0 spiro atoms. The molecule has 1 aliphatic heterocycles. The Morgan fingerprint density at radius 1 is 1.15 bits per heavy atom. The maximum atomic E-state index is 12.3. The van der Waals surface area contributed by atoms with Crippen molar-refractivity contribution in [2.45, 2.75) is 13.0 Å². The number of benzene rings is 2. The summed E-state index contributed by atoms with van der Waals surface area (Å²) in [5.41, 5.74) is 1.87. The third kappa shape index (κ3) is 3.32. The molecular formula is C20H22ClN4O+. The van der Waals surface area contributed by atoms with E-state index in [9.17, 15) is 4.79 Å². The third-order valence-electron chi connectivity index (χ3n) is 5.23. The summed E-state index contributed by atoms with van der Waals surface area (Å²) in [5, 5.41) is 1.41. The average molecular weight is 370 g/mol. The Kier molecular flexibility index (Phi) is 4.66. The normalized spacial score (nSPS) is 16.8. The number of piperazine rings is 1. The van der Waals surface area contributed by atoms with Gasteiger partial charge in [0.05, 0.1) is 37.1 Å². The van der Waals surface area contributed by atoms with Crippen molar-refractivity contribution < 1.29 is 4.90 Å². The Hall–Kier alpha value is -2.37. The van der Waals surface area contributed by atoms with Crippen molar-refractivity contribution in [3.8, 4) is 0 Å². The van der Waals surface area contributed by atoms with E-state index >= 15 is 0 Å². The summed E-state index contributed by atoms with van der Waals surface area (Å²) in [6, 6.07) is 15.6. The first kappa shape index (κ1) is 17.1. The number of anilines is 1. The van der Waals surface area contributed by atoms with Crippen LogP contribution in [0.15, 0.2) is 53.3 Å². The van der Waals surface area contributed by atoms with Gasteiger partial charge in [-0.15, -0.1) is 0 Å². The number of quaternary nitrogens is 1. The Bertz CT molecular complexity index is 979. The first-order chi connectivity index (χ1) is 12.6. The minimum Gasteiger partial charge on any atom is -0.360 e. The van der Waals surface area contributed by atoms with Crippen LogP contribution in [0.2, 0.25) is 5.02 Å². The maximum Gasteiger partial charge on any atom is 0.258 e. The van der Waals surface area contributed by atoms with Crippen molar-refractivity contribution in [2.75, 3.05) is 31.1 Å². The number of hydrogen-bond acceptors (Lipinski definition) is 3. The van der Waals surface area contributed by atoms with E-state index in [0.29, 0.717) is 5.39 Å². The minimum absolute atomic E-state index is 0.0607. The number of nitrogens with one attached hydrogen (secondary N) is 2. The number of H-pyrrole nitrogens is 1. The van der Waals surface area contributed by atoms with Gasteiger partial charge in [-0.3, -0.25) is 4.79 Å². The first-order valence-corrected chi connectivity index (χ1v) is 9.33. The van der Waals surface area contributed by atoms with E-state index in [0.717, 1.165) is 42.5 Å². The van der Waals surface area contributed by atoms with E-state index < -0.39 is 0 Å². The van der Waals surface area contributed by atoms with Gasteiger partial charge in [0, 0.05) is 10.7 Å². The van der Waals surface area contributed by atoms with Crippen LogP contribution in [0.3, 0.4) is 0 Å². The number of aromatic amines is 1. The molecule has 1 saturated heterocycles. The largest absolute Gasteiger partial charge is 0.360 e. The number of nitrogens with zero attached hydrogens (tertiary/aromatic N) is 2. The van der Waals surface area contributed by atoms with Crippen LogP contribution in [0.1, 0.15) is 18.8 Å². The van der Waals surface area contributed by atoms with Crippen molar-refractivity contribution in [3.63, 3.8) is 0 Å². The highest BCUT2D eigenvalue weighted by molar-refractivity contribution is 6.30. The number of aromatic nitrogens is 2. The molecule has 4 rings (SSSR count). The van der Waals surface area contributed by atoms with Crippen LogP contribution in [0.25, 0.3) is 10.9 Å². The van der Waals surface area contributed by atoms with Crippen molar-refractivity contribution in [1.29, 1.82) is 0 Å². The molecule has 6 heteroatoms. The van der Waals surface area contributed by atoms with Crippen molar-refractivity contribution in [3.05, 3.63) is 69.7 Å². The third-order valence-corrected chi connectivity index (χ3v) is 5.47. The van der Waals surface area contributed by atoms with Gasteiger partial charge < -0.3 is 14.8 Å². The van der Waals surface area contributed by atoms with Crippen molar-refractivity contribution in [2.24, 2.45) is 0 Å². The molecule has 0 bridgehead atoms. The number of para-hydroxylation sites is 1. The lowest BCUT2D eigenvalue weighted by Crippen LogP contribution is -3.14. The molecule has 26 heavy (non-hydrogen) atoms. The maximum absolute atomic E-state index is 12.3. The van der Waals surface area contributed by atoms with E-state index in [1.807, 2.05) is 42.5 Å². The second-order valence-electron chi connectivity index (χ2n) is 6.82. The zero-order valence-corrected chi connectivity index (χ0v) is 15.5. The van der Waals surface area contributed by atoms with Crippen LogP contribution < -0.4 is 15.4 Å². The van der Waals surface area contributed by atoms with Gasteiger partial charge in [0.2, 0.25) is 0 Å². The lowest BCUT2D eigenvalue weighted by atomic mass is 10.2. The summed E-state index contributed by atoms with van der Waals surface area (Å²) >= 11 is 6.11. The van der Waals surface area contributed by atoms with Gasteiger partial charge in [-0.2, -0.15) is 0 Å². The fourth-order valence-electron chi connectivity index (χ4n) is 3.66. The van der Waals surface area contributed by atoms with E-state index in [2.05, 4.69) is 22.9 Å². The van der Waals surface area contributed by atoms with Crippen LogP contribution >= 0.6 is 11.6 Å². The molecule has 0 aliphatic carbocycles. The fraction of sp³-hybridized carbons (Fsp3) is 0.300. The summed E-state index contributed by atoms with van der Waals surface area (Å²) in [5.74, 6) is 0.764. The van der Waals surface area contributed by atoms with Gasteiger partial charge in [-0.1, -0.05) is 29.8 Å². The van der Waals surface area contributed by atoms with Crippen LogP contribution in [0, 0.1) is 0 Å². The molecule has 1 aromatic heterocycles. The van der Waals surface area contributed by atoms with Crippen LogP contribution in [-0.2, 0) is 0 Å². The number of fused-ring (bicyclic) bond motifs is 1. The predicted molar refractivity (Wildman–Crippen MR) is 105 cm³/mol. The molecular weight excluding hydrogens is 348 g/mol. The van der Waals surface area contributed by atoms with Gasteiger partial charge in [-0.05, 0) is 37.3 Å². The van der Waals surface area contributed by atoms with Gasteiger partial charge >= 0.3 is 0 Å². The molecule has 5 nitrogen and oxygen atoms in total. The highest BCUT2D eigenvalue weighted by Crippen LogP contribution is 2.19. The van der Waals surface area contributed by atoms with Crippen LogP contribution in [0.5, 0.6) is 0 Å². The quantitative estimate of drug-likeness (QED) is 0.743. The number of rotatable bonds is 3. The monoisotopic (exact) mass is 369 g/mol. The van der Waals surface area contributed by atoms with Gasteiger partial charge in [-0.25, -0.2) is 4.98 Å². The standard InChI is InChI=1S/C20H21ClN4O/c1-14(19-22-18-8-3-2-7-17(18)20(26)23-19)24-9-11-25(12-10-24)16-6-4-5-15(21)13-16/h2-8,13-14H,9-12H2,1H3,(H,22,23,26)/p+1/t14-/m1/s1. The zero-order valence-electron chi connectivity index (χ0n) is 14.7. The highest BCUT2D eigenvalue weighted by Gasteiger charge is 2.27. The summed E-state index contributed by atoms with van der Waals surface area (Å²) in [6.07, 6.45) is 0.